The van der Waals surface area contributed by atoms with E-state index in [1.807, 2.05) is 0 Å². The van der Waals surface area contributed by atoms with E-state index in [-0.39, 0.29) is 17.7 Å². The number of rotatable bonds is 2. The van der Waals surface area contributed by atoms with Crippen molar-refractivity contribution in [1.29, 1.82) is 10.5 Å². The molecular formula is C9H5F2N3O. The first-order chi connectivity index (χ1) is 7.10. The molecule has 6 heteroatoms. The minimum absolute atomic E-state index is 0.132. The number of hydrogen-bond acceptors (Lipinski definition) is 3. The second-order valence-corrected chi connectivity index (χ2v) is 2.70. The molecule has 0 aliphatic heterocycles. The quantitative estimate of drug-likeness (QED) is 0.795. The molecular weight excluding hydrogens is 204 g/mol. The Kier molecular flexibility index (Phi) is 3.14. The van der Waals surface area contributed by atoms with E-state index in [9.17, 15) is 13.6 Å². The van der Waals surface area contributed by atoms with Gasteiger partial charge in [-0.3, -0.25) is 4.79 Å². The first-order valence-electron chi connectivity index (χ1n) is 3.91. The number of nitriles is 2. The molecule has 0 fully saturated rings. The third-order valence-corrected chi connectivity index (χ3v) is 1.74. The molecule has 0 aliphatic rings. The van der Waals surface area contributed by atoms with Gasteiger partial charge in [0.1, 0.15) is 5.56 Å². The van der Waals surface area contributed by atoms with Gasteiger partial charge >= 0.3 is 0 Å². The fourth-order valence-electron chi connectivity index (χ4n) is 1.11. The van der Waals surface area contributed by atoms with Gasteiger partial charge in [0, 0.05) is 5.69 Å². The molecule has 1 aromatic heterocycles. The maximum atomic E-state index is 12.4. The lowest BCUT2D eigenvalue weighted by Crippen LogP contribution is -2.17. The van der Waals surface area contributed by atoms with Gasteiger partial charge < -0.3 is 4.98 Å². The van der Waals surface area contributed by atoms with Gasteiger partial charge in [-0.1, -0.05) is 0 Å². The molecule has 1 N–H and O–H groups in total. The number of aromatic amines is 1. The highest BCUT2D eigenvalue weighted by Crippen LogP contribution is 2.18. The minimum atomic E-state index is -3.00. The standard InChI is InChI=1S/C9H5F2N3O/c10-8(11)7-5(4-13)3-6(1-2-12)14-9(7)15/h3,8H,1H2,(H,14,15). The molecule has 0 aliphatic carbocycles. The van der Waals surface area contributed by atoms with Crippen LogP contribution in [0.3, 0.4) is 0 Å². The Morgan fingerprint density at radius 3 is 2.60 bits per heavy atom. The third-order valence-electron chi connectivity index (χ3n) is 1.74. The maximum absolute atomic E-state index is 12.4. The Balaban J connectivity index is 3.41. The van der Waals surface area contributed by atoms with Gasteiger partial charge in [-0.25, -0.2) is 8.78 Å². The van der Waals surface area contributed by atoms with Gasteiger partial charge in [-0.05, 0) is 6.07 Å². The molecule has 0 bridgehead atoms. The molecule has 1 aromatic rings. The van der Waals surface area contributed by atoms with Crippen LogP contribution in [0.15, 0.2) is 10.9 Å². The smallest absolute Gasteiger partial charge is 0.270 e. The molecule has 0 unspecified atom stereocenters. The average molecular weight is 209 g/mol. The SMILES string of the molecule is N#CCc1cc(C#N)c(C(F)F)c(=O)[nH]1. The van der Waals surface area contributed by atoms with Crippen LogP contribution in [0.2, 0.25) is 0 Å². The van der Waals surface area contributed by atoms with Crippen LogP contribution in [0.25, 0.3) is 0 Å². The minimum Gasteiger partial charge on any atom is -0.325 e. The summed E-state index contributed by atoms with van der Waals surface area (Å²) in [5.41, 5.74) is -2.10. The van der Waals surface area contributed by atoms with Gasteiger partial charge in [-0.2, -0.15) is 10.5 Å². The van der Waals surface area contributed by atoms with Crippen molar-refractivity contribution in [2.75, 3.05) is 0 Å². The zero-order valence-electron chi connectivity index (χ0n) is 7.42. The van der Waals surface area contributed by atoms with E-state index in [2.05, 4.69) is 4.98 Å². The Bertz CT molecular complexity index is 508. The van der Waals surface area contributed by atoms with Gasteiger partial charge in [0.2, 0.25) is 0 Å². The van der Waals surface area contributed by atoms with Crippen molar-refractivity contribution in [3.63, 3.8) is 0 Å². The van der Waals surface area contributed by atoms with Crippen molar-refractivity contribution in [1.82, 2.24) is 4.98 Å². The molecule has 0 atom stereocenters. The molecule has 1 rings (SSSR count). The van der Waals surface area contributed by atoms with Crippen LogP contribution in [0, 0.1) is 22.7 Å². The van der Waals surface area contributed by atoms with Crippen LogP contribution in [-0.4, -0.2) is 4.98 Å². The average Bonchev–Trinajstić information content (AvgIpc) is 2.16. The summed E-state index contributed by atoms with van der Waals surface area (Å²) in [7, 11) is 0. The predicted molar refractivity (Wildman–Crippen MR) is 46.1 cm³/mol. The molecule has 0 amide bonds. The van der Waals surface area contributed by atoms with Crippen LogP contribution in [0.1, 0.15) is 23.2 Å². The number of H-pyrrole nitrogens is 1. The van der Waals surface area contributed by atoms with E-state index in [1.54, 1.807) is 6.07 Å². The summed E-state index contributed by atoms with van der Waals surface area (Å²) in [6.45, 7) is 0. The van der Waals surface area contributed by atoms with Crippen molar-refractivity contribution in [3.05, 3.63) is 33.2 Å². The zero-order chi connectivity index (χ0) is 11.4. The van der Waals surface area contributed by atoms with E-state index in [0.29, 0.717) is 0 Å². The second kappa shape index (κ2) is 4.34. The van der Waals surface area contributed by atoms with E-state index in [4.69, 9.17) is 10.5 Å². The van der Waals surface area contributed by atoms with Gasteiger partial charge in [-0.15, -0.1) is 0 Å². The van der Waals surface area contributed by atoms with Crippen molar-refractivity contribution in [2.24, 2.45) is 0 Å². The normalized spacial score (nSPS) is 9.67. The lowest BCUT2D eigenvalue weighted by molar-refractivity contribution is 0.149. The summed E-state index contributed by atoms with van der Waals surface area (Å²) in [5.74, 6) is 0. The predicted octanol–water partition coefficient (Wildman–Crippen LogP) is 1.25. The van der Waals surface area contributed by atoms with Crippen LogP contribution in [-0.2, 0) is 6.42 Å². The van der Waals surface area contributed by atoms with Crippen molar-refractivity contribution in [2.45, 2.75) is 12.8 Å². The lowest BCUT2D eigenvalue weighted by Gasteiger charge is -2.02. The largest absolute Gasteiger partial charge is 0.325 e. The van der Waals surface area contributed by atoms with Gasteiger partial charge in [0.25, 0.3) is 12.0 Å². The molecule has 15 heavy (non-hydrogen) atoms. The number of aromatic nitrogens is 1. The van der Waals surface area contributed by atoms with Crippen LogP contribution >= 0.6 is 0 Å². The monoisotopic (exact) mass is 209 g/mol. The Morgan fingerprint density at radius 1 is 1.47 bits per heavy atom. The fraction of sp³-hybridized carbons (Fsp3) is 0.222. The molecule has 0 saturated carbocycles. The summed E-state index contributed by atoms with van der Waals surface area (Å²) in [4.78, 5) is 13.3. The first kappa shape index (κ1) is 10.9. The highest BCUT2D eigenvalue weighted by atomic mass is 19.3. The van der Waals surface area contributed by atoms with E-state index in [1.165, 1.54) is 6.07 Å². The van der Waals surface area contributed by atoms with Crippen LogP contribution < -0.4 is 5.56 Å². The van der Waals surface area contributed by atoms with E-state index >= 15 is 0 Å². The topological polar surface area (TPSA) is 80.4 Å². The van der Waals surface area contributed by atoms with E-state index in [0.717, 1.165) is 6.07 Å². The number of pyridine rings is 1. The summed E-state index contributed by atoms with van der Waals surface area (Å²) in [6.07, 6.45) is -3.13. The van der Waals surface area contributed by atoms with Crippen molar-refractivity contribution < 1.29 is 8.78 Å². The van der Waals surface area contributed by atoms with Crippen molar-refractivity contribution in [3.8, 4) is 12.1 Å². The van der Waals surface area contributed by atoms with E-state index < -0.39 is 17.5 Å². The number of nitrogens with zero attached hydrogens (tertiary/aromatic N) is 2. The Hall–Kier alpha value is -2.21. The van der Waals surface area contributed by atoms with Gasteiger partial charge in [0.15, 0.2) is 0 Å². The molecule has 0 saturated heterocycles. The summed E-state index contributed by atoms with van der Waals surface area (Å²) in [6, 6.07) is 4.34. The molecule has 0 aromatic carbocycles. The molecule has 0 spiro atoms. The van der Waals surface area contributed by atoms with Crippen LogP contribution in [0.5, 0.6) is 0 Å². The first-order valence-corrected chi connectivity index (χ1v) is 3.91. The molecule has 76 valence electrons. The summed E-state index contributed by atoms with van der Waals surface area (Å²) < 4.78 is 24.7. The third kappa shape index (κ3) is 2.18. The van der Waals surface area contributed by atoms with Crippen molar-refractivity contribution >= 4 is 0 Å². The number of hydrogen-bond donors (Lipinski definition) is 1. The number of alkyl halides is 2. The second-order valence-electron chi connectivity index (χ2n) is 2.70. The number of halogens is 2. The molecule has 4 nitrogen and oxygen atoms in total. The zero-order valence-corrected chi connectivity index (χ0v) is 7.42. The Morgan fingerprint density at radius 2 is 2.13 bits per heavy atom. The molecule has 1 heterocycles. The highest BCUT2D eigenvalue weighted by Gasteiger charge is 2.18. The fourth-order valence-corrected chi connectivity index (χ4v) is 1.11. The molecule has 0 radical (unpaired) electrons. The van der Waals surface area contributed by atoms with Crippen LogP contribution in [0.4, 0.5) is 8.78 Å². The Labute approximate surface area is 83.4 Å². The maximum Gasteiger partial charge on any atom is 0.270 e. The highest BCUT2D eigenvalue weighted by molar-refractivity contribution is 5.38. The number of nitrogens with one attached hydrogen (secondary N) is 1. The van der Waals surface area contributed by atoms with Gasteiger partial charge in [0.05, 0.1) is 24.1 Å². The summed E-state index contributed by atoms with van der Waals surface area (Å²) >= 11 is 0. The lowest BCUT2D eigenvalue weighted by atomic mass is 10.1. The summed E-state index contributed by atoms with van der Waals surface area (Å²) in [5, 5.41) is 16.9.